The fraction of sp³-hybridized carbons (Fsp3) is 0.538. The van der Waals surface area contributed by atoms with Crippen LogP contribution in [0.15, 0.2) is 18.5 Å². The van der Waals surface area contributed by atoms with Gasteiger partial charge in [-0.3, -0.25) is 0 Å². The van der Waals surface area contributed by atoms with Crippen molar-refractivity contribution >= 4 is 11.5 Å². The Bertz CT molecular complexity index is 543. The molecule has 1 aliphatic rings. The molecule has 96 valence electrons. The molecule has 0 saturated carbocycles. The van der Waals surface area contributed by atoms with E-state index < -0.39 is 0 Å². The molecule has 0 bridgehead atoms. The quantitative estimate of drug-likeness (QED) is 0.808. The van der Waals surface area contributed by atoms with Crippen molar-refractivity contribution in [3.8, 4) is 0 Å². The summed E-state index contributed by atoms with van der Waals surface area (Å²) in [5.74, 6) is 1.14. The minimum Gasteiger partial charge on any atom is -0.381 e. The number of nitrogens with zero attached hydrogens (tertiary/aromatic N) is 4. The Balaban J connectivity index is 1.92. The number of fused-ring (bicyclic) bond motifs is 1. The van der Waals surface area contributed by atoms with E-state index in [2.05, 4.69) is 34.0 Å². The van der Waals surface area contributed by atoms with Crippen LogP contribution in [0.2, 0.25) is 0 Å². The van der Waals surface area contributed by atoms with Crippen molar-refractivity contribution in [1.82, 2.24) is 14.6 Å². The van der Waals surface area contributed by atoms with Crippen molar-refractivity contribution in [3.05, 3.63) is 24.0 Å². The minimum absolute atomic E-state index is 0.400. The summed E-state index contributed by atoms with van der Waals surface area (Å²) in [4.78, 5) is 6.63. The van der Waals surface area contributed by atoms with Crippen LogP contribution >= 0.6 is 0 Å². The lowest BCUT2D eigenvalue weighted by molar-refractivity contribution is 0.0817. The minimum atomic E-state index is 0.400. The normalized spacial score (nSPS) is 17.6. The molecule has 0 amide bonds. The van der Waals surface area contributed by atoms with E-state index in [0.717, 1.165) is 37.4 Å². The summed E-state index contributed by atoms with van der Waals surface area (Å²) in [6, 6.07) is 4.23. The van der Waals surface area contributed by atoms with Crippen molar-refractivity contribution < 1.29 is 4.74 Å². The number of rotatable bonds is 2. The second-order valence-electron chi connectivity index (χ2n) is 4.84. The highest BCUT2D eigenvalue weighted by Gasteiger charge is 2.21. The average molecular weight is 246 g/mol. The predicted molar refractivity (Wildman–Crippen MR) is 70.0 cm³/mol. The molecule has 18 heavy (non-hydrogen) atoms. The number of aromatic nitrogens is 3. The van der Waals surface area contributed by atoms with Gasteiger partial charge in [0.15, 0.2) is 5.65 Å². The Morgan fingerprint density at radius 1 is 1.28 bits per heavy atom. The zero-order chi connectivity index (χ0) is 12.5. The highest BCUT2D eigenvalue weighted by molar-refractivity contribution is 5.53. The van der Waals surface area contributed by atoms with E-state index in [4.69, 9.17) is 4.74 Å². The van der Waals surface area contributed by atoms with Gasteiger partial charge in [-0.1, -0.05) is 0 Å². The maximum Gasteiger partial charge on any atom is 0.157 e. The molecular formula is C13H18N4O. The Morgan fingerprint density at radius 3 is 2.78 bits per heavy atom. The van der Waals surface area contributed by atoms with Crippen LogP contribution in [0.4, 0.5) is 5.82 Å². The molecule has 0 radical (unpaired) electrons. The lowest BCUT2D eigenvalue weighted by Crippen LogP contribution is -2.37. The number of pyridine rings is 1. The first-order chi connectivity index (χ1) is 8.78. The maximum absolute atomic E-state index is 5.41. The SMILES string of the molecule is COC1CCN(c2cc(C)cc3ncnn23)CC1. The number of piperidine rings is 1. The molecule has 0 N–H and O–H groups in total. The van der Waals surface area contributed by atoms with Gasteiger partial charge in [-0.05, 0) is 37.5 Å². The van der Waals surface area contributed by atoms with Crippen LogP contribution in [0, 0.1) is 6.92 Å². The van der Waals surface area contributed by atoms with Crippen molar-refractivity contribution in [3.63, 3.8) is 0 Å². The van der Waals surface area contributed by atoms with E-state index in [1.54, 1.807) is 13.4 Å². The molecule has 1 aliphatic heterocycles. The molecule has 0 unspecified atom stereocenters. The molecule has 0 atom stereocenters. The third-order valence-electron chi connectivity index (χ3n) is 3.60. The molecule has 3 heterocycles. The molecule has 2 aromatic heterocycles. The average Bonchev–Trinajstić information content (AvgIpc) is 2.86. The largest absolute Gasteiger partial charge is 0.381 e. The lowest BCUT2D eigenvalue weighted by atomic mass is 10.1. The fourth-order valence-corrected chi connectivity index (χ4v) is 2.58. The third kappa shape index (κ3) is 1.95. The Labute approximate surface area is 106 Å². The molecular weight excluding hydrogens is 228 g/mol. The number of aryl methyl sites for hydroxylation is 1. The van der Waals surface area contributed by atoms with E-state index in [-0.39, 0.29) is 0 Å². The van der Waals surface area contributed by atoms with Crippen molar-refractivity contribution in [2.75, 3.05) is 25.1 Å². The van der Waals surface area contributed by atoms with Gasteiger partial charge in [0.05, 0.1) is 6.10 Å². The van der Waals surface area contributed by atoms with Gasteiger partial charge in [0.25, 0.3) is 0 Å². The third-order valence-corrected chi connectivity index (χ3v) is 3.60. The van der Waals surface area contributed by atoms with Crippen LogP contribution in [-0.4, -0.2) is 40.9 Å². The Morgan fingerprint density at radius 2 is 2.06 bits per heavy atom. The highest BCUT2D eigenvalue weighted by Crippen LogP contribution is 2.22. The molecule has 5 nitrogen and oxygen atoms in total. The van der Waals surface area contributed by atoms with Gasteiger partial charge < -0.3 is 9.64 Å². The van der Waals surface area contributed by atoms with Crippen molar-refractivity contribution in [2.24, 2.45) is 0 Å². The number of hydrogen-bond acceptors (Lipinski definition) is 4. The van der Waals surface area contributed by atoms with E-state index >= 15 is 0 Å². The summed E-state index contributed by atoms with van der Waals surface area (Å²) in [5, 5.41) is 4.31. The summed E-state index contributed by atoms with van der Waals surface area (Å²) in [6.45, 7) is 4.12. The topological polar surface area (TPSA) is 42.7 Å². The van der Waals surface area contributed by atoms with Crippen molar-refractivity contribution in [2.45, 2.75) is 25.9 Å². The smallest absolute Gasteiger partial charge is 0.157 e. The zero-order valence-corrected chi connectivity index (χ0v) is 10.8. The molecule has 3 rings (SSSR count). The second kappa shape index (κ2) is 4.57. The second-order valence-corrected chi connectivity index (χ2v) is 4.84. The fourth-order valence-electron chi connectivity index (χ4n) is 2.58. The summed E-state index contributed by atoms with van der Waals surface area (Å²) in [6.07, 6.45) is 4.15. The van der Waals surface area contributed by atoms with Gasteiger partial charge in [-0.2, -0.15) is 9.61 Å². The summed E-state index contributed by atoms with van der Waals surface area (Å²) >= 11 is 0. The number of hydrogen-bond donors (Lipinski definition) is 0. The zero-order valence-electron chi connectivity index (χ0n) is 10.8. The number of anilines is 1. The van der Waals surface area contributed by atoms with Gasteiger partial charge in [0, 0.05) is 20.2 Å². The first-order valence-electron chi connectivity index (χ1n) is 6.36. The van der Waals surface area contributed by atoms with E-state index in [1.165, 1.54) is 5.56 Å². The summed E-state index contributed by atoms with van der Waals surface area (Å²) in [7, 11) is 1.79. The van der Waals surface area contributed by atoms with Gasteiger partial charge in [0.2, 0.25) is 0 Å². The van der Waals surface area contributed by atoms with E-state index in [1.807, 2.05) is 4.52 Å². The summed E-state index contributed by atoms with van der Waals surface area (Å²) < 4.78 is 7.33. The first-order valence-corrected chi connectivity index (χ1v) is 6.36. The summed E-state index contributed by atoms with van der Waals surface area (Å²) in [5.41, 5.74) is 2.14. The molecule has 0 spiro atoms. The van der Waals surface area contributed by atoms with Gasteiger partial charge >= 0.3 is 0 Å². The van der Waals surface area contributed by atoms with E-state index in [0.29, 0.717) is 6.10 Å². The molecule has 1 saturated heterocycles. The van der Waals surface area contributed by atoms with Gasteiger partial charge in [0.1, 0.15) is 12.1 Å². The van der Waals surface area contributed by atoms with Crippen LogP contribution in [0.5, 0.6) is 0 Å². The highest BCUT2D eigenvalue weighted by atomic mass is 16.5. The van der Waals surface area contributed by atoms with Crippen LogP contribution in [-0.2, 0) is 4.74 Å². The molecule has 1 fully saturated rings. The lowest BCUT2D eigenvalue weighted by Gasteiger charge is -2.32. The van der Waals surface area contributed by atoms with Crippen molar-refractivity contribution in [1.29, 1.82) is 0 Å². The van der Waals surface area contributed by atoms with Gasteiger partial charge in [-0.25, -0.2) is 4.98 Å². The van der Waals surface area contributed by atoms with Gasteiger partial charge in [-0.15, -0.1) is 0 Å². The maximum atomic E-state index is 5.41. The monoisotopic (exact) mass is 246 g/mol. The number of ether oxygens (including phenoxy) is 1. The Hall–Kier alpha value is -1.62. The molecule has 5 heteroatoms. The van der Waals surface area contributed by atoms with E-state index in [9.17, 15) is 0 Å². The van der Waals surface area contributed by atoms with Crippen LogP contribution < -0.4 is 4.90 Å². The number of methoxy groups -OCH3 is 1. The molecule has 2 aromatic rings. The molecule has 0 aromatic carbocycles. The van der Waals surface area contributed by atoms with Crippen LogP contribution in [0.3, 0.4) is 0 Å². The standard InChI is InChI=1S/C13H18N4O/c1-10-7-12-14-9-15-17(12)13(8-10)16-5-3-11(18-2)4-6-16/h7-9,11H,3-6H2,1-2H3. The van der Waals surface area contributed by atoms with Crippen LogP contribution in [0.1, 0.15) is 18.4 Å². The van der Waals surface area contributed by atoms with Crippen LogP contribution in [0.25, 0.3) is 5.65 Å². The predicted octanol–water partition coefficient (Wildman–Crippen LogP) is 1.65. The first kappa shape index (κ1) is 11.5. The molecule has 0 aliphatic carbocycles. The Kier molecular flexibility index (Phi) is 2.91.